The maximum absolute atomic E-state index is 11.3. The fraction of sp³-hybridized carbons (Fsp3) is 0.308. The van der Waals surface area contributed by atoms with E-state index in [1.165, 1.54) is 0 Å². The van der Waals surface area contributed by atoms with Crippen LogP contribution in [0.4, 0.5) is 0 Å². The Morgan fingerprint density at radius 1 is 1.20 bits per heavy atom. The topological polar surface area (TPSA) is 101 Å². The summed E-state index contributed by atoms with van der Waals surface area (Å²) in [6, 6.07) is 0. The monoisotopic (exact) mass is 297 g/mol. The van der Waals surface area contributed by atoms with Crippen LogP contribution in [0.15, 0.2) is 4.42 Å². The van der Waals surface area contributed by atoms with Crippen molar-refractivity contribution in [1.29, 1.82) is 0 Å². The van der Waals surface area contributed by atoms with Gasteiger partial charge in [-0.3, -0.25) is 0 Å². The third-order valence-electron chi connectivity index (χ3n) is 3.05. The molecule has 7 heteroatoms. The summed E-state index contributed by atoms with van der Waals surface area (Å²) < 4.78 is 5.22. The predicted octanol–water partition coefficient (Wildman–Crippen LogP) is 3.00. The van der Waals surface area contributed by atoms with Gasteiger partial charge in [-0.2, -0.15) is 0 Å². The van der Waals surface area contributed by atoms with Gasteiger partial charge >= 0.3 is 11.9 Å². The lowest BCUT2D eigenvalue weighted by atomic mass is 10.1. The van der Waals surface area contributed by atoms with E-state index >= 15 is 0 Å². The van der Waals surface area contributed by atoms with Crippen molar-refractivity contribution in [3.63, 3.8) is 0 Å². The molecule has 106 valence electrons. The summed E-state index contributed by atoms with van der Waals surface area (Å²) in [5, 5.41) is 18.6. The number of hydrogen-bond acceptors (Lipinski definition) is 4. The zero-order valence-electron chi connectivity index (χ0n) is 10.9. The van der Waals surface area contributed by atoms with Crippen molar-refractivity contribution in [3.8, 4) is 0 Å². The van der Waals surface area contributed by atoms with Crippen molar-refractivity contribution in [2.45, 2.75) is 26.7 Å². The number of rotatable bonds is 4. The van der Waals surface area contributed by atoms with Crippen molar-refractivity contribution in [2.24, 2.45) is 0 Å². The van der Waals surface area contributed by atoms with Crippen LogP contribution >= 0.6 is 11.6 Å². The Hall–Kier alpha value is -2.08. The molecule has 0 saturated heterocycles. The Morgan fingerprint density at radius 3 is 2.30 bits per heavy atom. The number of hydrogen-bond donors (Lipinski definition) is 2. The number of halogens is 1. The van der Waals surface area contributed by atoms with Crippen LogP contribution in [0.1, 0.15) is 46.0 Å². The molecule has 20 heavy (non-hydrogen) atoms. The highest BCUT2D eigenvalue weighted by Crippen LogP contribution is 2.35. The molecule has 2 aromatic rings. The Morgan fingerprint density at radius 2 is 1.85 bits per heavy atom. The zero-order valence-corrected chi connectivity index (χ0v) is 11.6. The number of carboxylic acids is 2. The number of fused-ring (bicyclic) bond motifs is 1. The van der Waals surface area contributed by atoms with Crippen LogP contribution in [0, 0.1) is 0 Å². The van der Waals surface area contributed by atoms with Gasteiger partial charge in [0.05, 0.1) is 16.1 Å². The van der Waals surface area contributed by atoms with Gasteiger partial charge in [-0.25, -0.2) is 14.6 Å². The highest BCUT2D eigenvalue weighted by molar-refractivity contribution is 6.38. The molecule has 0 amide bonds. The molecule has 0 spiro atoms. The normalized spacial score (nSPS) is 10.9. The lowest BCUT2D eigenvalue weighted by Crippen LogP contribution is -2.06. The van der Waals surface area contributed by atoms with Crippen LogP contribution in [0.2, 0.25) is 5.02 Å². The molecule has 0 unspecified atom stereocenters. The minimum Gasteiger partial charge on any atom is -0.478 e. The van der Waals surface area contributed by atoms with Gasteiger partial charge in [0.15, 0.2) is 0 Å². The lowest BCUT2D eigenvalue weighted by Gasteiger charge is -2.06. The Balaban J connectivity index is 2.95. The second-order valence-corrected chi connectivity index (χ2v) is 4.53. The molecule has 2 rings (SSSR count). The number of nitrogens with zero attached hydrogens (tertiary/aromatic N) is 1. The van der Waals surface area contributed by atoms with Crippen molar-refractivity contribution < 1.29 is 24.2 Å². The Kier molecular flexibility index (Phi) is 3.67. The quantitative estimate of drug-likeness (QED) is 0.899. The van der Waals surface area contributed by atoms with Crippen molar-refractivity contribution in [1.82, 2.24) is 4.98 Å². The molecule has 0 saturated carbocycles. The fourth-order valence-corrected chi connectivity index (χ4v) is 2.56. The maximum Gasteiger partial charge on any atom is 0.372 e. The van der Waals surface area contributed by atoms with Crippen LogP contribution in [0.5, 0.6) is 0 Å². The zero-order chi connectivity index (χ0) is 15.0. The summed E-state index contributed by atoms with van der Waals surface area (Å²) in [6.07, 6.45) is 0.697. The number of carboxylic acid groups (broad SMARTS) is 2. The van der Waals surface area contributed by atoms with E-state index in [0.29, 0.717) is 18.4 Å². The predicted molar refractivity (Wildman–Crippen MR) is 71.7 cm³/mol. The van der Waals surface area contributed by atoms with E-state index in [0.717, 1.165) is 0 Å². The first-order chi connectivity index (χ1) is 9.42. The molecule has 2 heterocycles. The highest BCUT2D eigenvalue weighted by atomic mass is 35.5. The first-order valence-electron chi connectivity index (χ1n) is 6.02. The smallest absolute Gasteiger partial charge is 0.372 e. The number of aromatic nitrogens is 1. The fourth-order valence-electron chi connectivity index (χ4n) is 2.17. The van der Waals surface area contributed by atoms with Crippen LogP contribution in [0.3, 0.4) is 0 Å². The van der Waals surface area contributed by atoms with E-state index in [2.05, 4.69) is 4.98 Å². The third kappa shape index (κ3) is 2.02. The van der Waals surface area contributed by atoms with Gasteiger partial charge in [-0.1, -0.05) is 25.4 Å². The van der Waals surface area contributed by atoms with E-state index in [1.807, 2.05) is 0 Å². The molecule has 0 fully saturated rings. The molecular weight excluding hydrogens is 286 g/mol. The molecule has 6 nitrogen and oxygen atoms in total. The van der Waals surface area contributed by atoms with Gasteiger partial charge in [0.1, 0.15) is 5.56 Å². The number of furan rings is 1. The Labute approximate surface area is 119 Å². The van der Waals surface area contributed by atoms with E-state index in [-0.39, 0.29) is 33.1 Å². The van der Waals surface area contributed by atoms with Gasteiger partial charge in [-0.15, -0.1) is 0 Å². The summed E-state index contributed by atoms with van der Waals surface area (Å²) in [5.74, 6) is -2.67. The molecule has 0 aliphatic carbocycles. The molecule has 2 N–H and O–H groups in total. The van der Waals surface area contributed by atoms with Crippen LogP contribution in [0.25, 0.3) is 11.1 Å². The lowest BCUT2D eigenvalue weighted by molar-refractivity contribution is 0.0659. The van der Waals surface area contributed by atoms with E-state index < -0.39 is 11.9 Å². The summed E-state index contributed by atoms with van der Waals surface area (Å²) in [5.41, 5.74) is 0.582. The standard InChI is InChI=1S/C13H12ClNO5/c1-3-5-7-9(14)8(12(16)17)6(4-2)15-11(7)20-10(5)13(18)19/h3-4H2,1-2H3,(H,16,17)(H,18,19). The first-order valence-corrected chi connectivity index (χ1v) is 6.40. The number of aryl methyl sites for hydroxylation is 2. The second kappa shape index (κ2) is 5.13. The van der Waals surface area contributed by atoms with E-state index in [1.54, 1.807) is 13.8 Å². The average Bonchev–Trinajstić information content (AvgIpc) is 2.76. The van der Waals surface area contributed by atoms with Crippen molar-refractivity contribution in [2.75, 3.05) is 0 Å². The van der Waals surface area contributed by atoms with Gasteiger partial charge in [0.2, 0.25) is 11.5 Å². The van der Waals surface area contributed by atoms with E-state index in [9.17, 15) is 14.7 Å². The van der Waals surface area contributed by atoms with Gasteiger partial charge < -0.3 is 14.6 Å². The van der Waals surface area contributed by atoms with Crippen molar-refractivity contribution in [3.05, 3.63) is 27.6 Å². The minimum atomic E-state index is -1.23. The van der Waals surface area contributed by atoms with Gasteiger partial charge in [0, 0.05) is 5.56 Å². The molecule has 0 aliphatic rings. The number of pyridine rings is 1. The van der Waals surface area contributed by atoms with Crippen LogP contribution in [-0.2, 0) is 12.8 Å². The van der Waals surface area contributed by atoms with Crippen molar-refractivity contribution >= 4 is 34.6 Å². The largest absolute Gasteiger partial charge is 0.478 e. The molecule has 0 radical (unpaired) electrons. The summed E-state index contributed by atoms with van der Waals surface area (Å²) in [7, 11) is 0. The number of carbonyl (C=O) groups is 2. The molecule has 0 atom stereocenters. The van der Waals surface area contributed by atoms with Gasteiger partial charge in [-0.05, 0) is 12.8 Å². The first kappa shape index (κ1) is 14.3. The molecule has 0 bridgehead atoms. The second-order valence-electron chi connectivity index (χ2n) is 4.15. The SMILES string of the molecule is CCc1nc2oc(C(=O)O)c(CC)c2c(Cl)c1C(=O)O. The third-order valence-corrected chi connectivity index (χ3v) is 3.43. The molecule has 0 aromatic carbocycles. The van der Waals surface area contributed by atoms with E-state index in [4.69, 9.17) is 21.1 Å². The number of aromatic carboxylic acids is 2. The summed E-state index contributed by atoms with van der Waals surface area (Å²) in [6.45, 7) is 3.47. The molecule has 2 aromatic heterocycles. The van der Waals surface area contributed by atoms with Crippen LogP contribution < -0.4 is 0 Å². The molecule has 0 aliphatic heterocycles. The summed E-state index contributed by atoms with van der Waals surface area (Å²) >= 11 is 6.15. The Bertz CT molecular complexity index is 719. The molecular formula is C13H12ClNO5. The highest BCUT2D eigenvalue weighted by Gasteiger charge is 2.26. The van der Waals surface area contributed by atoms with Crippen LogP contribution in [-0.4, -0.2) is 27.1 Å². The maximum atomic E-state index is 11.3. The average molecular weight is 298 g/mol. The van der Waals surface area contributed by atoms with Gasteiger partial charge in [0.25, 0.3) is 0 Å². The summed E-state index contributed by atoms with van der Waals surface area (Å²) in [4.78, 5) is 26.6. The minimum absolute atomic E-state index is 0.0209.